The first-order chi connectivity index (χ1) is 9.26. The maximum atomic E-state index is 11.6. The molecule has 0 saturated heterocycles. The molecule has 0 aliphatic heterocycles. The van der Waals surface area contributed by atoms with Crippen molar-refractivity contribution < 1.29 is 0 Å². The third kappa shape index (κ3) is 2.25. The summed E-state index contributed by atoms with van der Waals surface area (Å²) in [5, 5.41) is 1.03. The molecule has 4 heteroatoms. The Morgan fingerprint density at radius 2 is 2.11 bits per heavy atom. The lowest BCUT2D eigenvalue weighted by molar-refractivity contribution is 0.987. The number of nitrogens with one attached hydrogen (secondary N) is 1. The van der Waals surface area contributed by atoms with Gasteiger partial charge >= 0.3 is 0 Å². The van der Waals surface area contributed by atoms with E-state index < -0.39 is 0 Å². The lowest BCUT2D eigenvalue weighted by Gasteiger charge is -2.04. The minimum Gasteiger partial charge on any atom is -0.307 e. The Kier molecular flexibility index (Phi) is 2.83. The summed E-state index contributed by atoms with van der Waals surface area (Å²) in [6, 6.07) is 11.3. The molecule has 2 aromatic heterocycles. The van der Waals surface area contributed by atoms with E-state index in [2.05, 4.69) is 15.0 Å². The van der Waals surface area contributed by atoms with Crippen LogP contribution in [-0.4, -0.2) is 15.0 Å². The second kappa shape index (κ2) is 4.65. The predicted octanol–water partition coefficient (Wildman–Crippen LogP) is 2.55. The van der Waals surface area contributed by atoms with Crippen LogP contribution in [0, 0.1) is 0 Å². The van der Waals surface area contributed by atoms with Crippen LogP contribution in [0.4, 0.5) is 0 Å². The van der Waals surface area contributed by atoms with E-state index in [0.717, 1.165) is 28.6 Å². The van der Waals surface area contributed by atoms with Gasteiger partial charge in [0.15, 0.2) is 0 Å². The molecule has 3 aromatic rings. The number of aryl methyl sites for hydroxylation is 1. The summed E-state index contributed by atoms with van der Waals surface area (Å²) in [5.41, 5.74) is 2.51. The van der Waals surface area contributed by atoms with Crippen molar-refractivity contribution in [2.75, 3.05) is 0 Å². The number of H-pyrrole nitrogens is 1. The first-order valence-electron chi connectivity index (χ1n) is 6.21. The van der Waals surface area contributed by atoms with Crippen LogP contribution in [-0.2, 0) is 6.42 Å². The van der Waals surface area contributed by atoms with Crippen molar-refractivity contribution in [3.8, 4) is 11.4 Å². The highest BCUT2D eigenvalue weighted by atomic mass is 16.1. The normalized spacial score (nSPS) is 10.8. The average molecular weight is 251 g/mol. The minimum atomic E-state index is -0.117. The second-order valence-corrected chi connectivity index (χ2v) is 4.35. The molecule has 4 nitrogen and oxygen atoms in total. The number of pyridine rings is 1. The van der Waals surface area contributed by atoms with Gasteiger partial charge in [0, 0.05) is 28.9 Å². The van der Waals surface area contributed by atoms with Crippen molar-refractivity contribution in [2.45, 2.75) is 13.3 Å². The van der Waals surface area contributed by atoms with Crippen molar-refractivity contribution in [1.29, 1.82) is 0 Å². The molecule has 0 amide bonds. The van der Waals surface area contributed by atoms with E-state index in [1.54, 1.807) is 6.20 Å². The number of aromatic amines is 1. The largest absolute Gasteiger partial charge is 0.307 e. The van der Waals surface area contributed by atoms with Gasteiger partial charge < -0.3 is 4.98 Å². The molecule has 0 unspecified atom stereocenters. The fourth-order valence-electron chi connectivity index (χ4n) is 2.05. The van der Waals surface area contributed by atoms with Crippen LogP contribution >= 0.6 is 0 Å². The monoisotopic (exact) mass is 251 g/mol. The molecule has 0 spiro atoms. The van der Waals surface area contributed by atoms with Gasteiger partial charge in [-0.05, 0) is 30.7 Å². The maximum Gasteiger partial charge on any atom is 0.251 e. The third-order valence-corrected chi connectivity index (χ3v) is 3.03. The van der Waals surface area contributed by atoms with Crippen LogP contribution < -0.4 is 5.56 Å². The highest BCUT2D eigenvalue weighted by molar-refractivity contribution is 5.82. The average Bonchev–Trinajstić information content (AvgIpc) is 2.46. The molecule has 3 rings (SSSR count). The smallest absolute Gasteiger partial charge is 0.251 e. The van der Waals surface area contributed by atoms with Gasteiger partial charge in [0.05, 0.1) is 5.52 Å². The van der Waals surface area contributed by atoms with Gasteiger partial charge in [0.2, 0.25) is 0 Å². The van der Waals surface area contributed by atoms with E-state index >= 15 is 0 Å². The lowest BCUT2D eigenvalue weighted by atomic mass is 10.1. The first kappa shape index (κ1) is 11.6. The molecule has 0 radical (unpaired) electrons. The van der Waals surface area contributed by atoms with Crippen molar-refractivity contribution in [3.63, 3.8) is 0 Å². The molecule has 2 heterocycles. The zero-order valence-corrected chi connectivity index (χ0v) is 10.6. The number of hydrogen-bond acceptors (Lipinski definition) is 3. The molecule has 19 heavy (non-hydrogen) atoms. The van der Waals surface area contributed by atoms with Crippen LogP contribution in [0.1, 0.15) is 12.6 Å². The Bertz CT molecular complexity index is 792. The topological polar surface area (TPSA) is 58.6 Å². The highest BCUT2D eigenvalue weighted by Crippen LogP contribution is 2.20. The quantitative estimate of drug-likeness (QED) is 0.761. The van der Waals surface area contributed by atoms with Gasteiger partial charge in [-0.2, -0.15) is 0 Å². The van der Waals surface area contributed by atoms with Gasteiger partial charge in [-0.3, -0.25) is 9.78 Å². The number of hydrogen-bond donors (Lipinski definition) is 1. The molecule has 1 N–H and O–H groups in total. The van der Waals surface area contributed by atoms with Crippen LogP contribution in [0.25, 0.3) is 22.3 Å². The van der Waals surface area contributed by atoms with E-state index in [-0.39, 0.29) is 5.56 Å². The fourth-order valence-corrected chi connectivity index (χ4v) is 2.05. The molecule has 0 fully saturated rings. The van der Waals surface area contributed by atoms with E-state index in [0.29, 0.717) is 5.82 Å². The summed E-state index contributed by atoms with van der Waals surface area (Å²) in [6.45, 7) is 1.98. The molecule has 1 aromatic carbocycles. The Hall–Kier alpha value is -2.49. The zero-order valence-electron chi connectivity index (χ0n) is 10.6. The standard InChI is InChI=1S/C15H13N3O/c1-2-12-9-14(19)18-15(17-12)11-5-6-13-10(8-11)4-3-7-16-13/h3-9H,2H2,1H3,(H,17,18,19). The van der Waals surface area contributed by atoms with Crippen LogP contribution in [0.2, 0.25) is 0 Å². The summed E-state index contributed by atoms with van der Waals surface area (Å²) >= 11 is 0. The molecule has 0 bridgehead atoms. The van der Waals surface area contributed by atoms with Gasteiger partial charge in [-0.1, -0.05) is 13.0 Å². The van der Waals surface area contributed by atoms with Gasteiger partial charge in [-0.15, -0.1) is 0 Å². The fraction of sp³-hybridized carbons (Fsp3) is 0.133. The Morgan fingerprint density at radius 1 is 1.21 bits per heavy atom. The molecule has 0 atom stereocenters. The maximum absolute atomic E-state index is 11.6. The van der Waals surface area contributed by atoms with Crippen molar-refractivity contribution in [2.24, 2.45) is 0 Å². The predicted molar refractivity (Wildman–Crippen MR) is 75.0 cm³/mol. The Morgan fingerprint density at radius 3 is 2.95 bits per heavy atom. The number of nitrogens with zero attached hydrogens (tertiary/aromatic N) is 2. The summed E-state index contributed by atoms with van der Waals surface area (Å²) in [5.74, 6) is 0.607. The summed E-state index contributed by atoms with van der Waals surface area (Å²) in [7, 11) is 0. The number of fused-ring (bicyclic) bond motifs is 1. The summed E-state index contributed by atoms with van der Waals surface area (Å²) < 4.78 is 0. The van der Waals surface area contributed by atoms with Crippen LogP contribution in [0.3, 0.4) is 0 Å². The number of aromatic nitrogens is 3. The molecular weight excluding hydrogens is 238 g/mol. The summed E-state index contributed by atoms with van der Waals surface area (Å²) in [6.07, 6.45) is 2.51. The second-order valence-electron chi connectivity index (χ2n) is 4.35. The SMILES string of the molecule is CCc1cc(=O)[nH]c(-c2ccc3ncccc3c2)n1. The van der Waals surface area contributed by atoms with Gasteiger partial charge in [0.1, 0.15) is 5.82 Å². The van der Waals surface area contributed by atoms with E-state index in [1.807, 2.05) is 37.3 Å². The highest BCUT2D eigenvalue weighted by Gasteiger charge is 2.04. The van der Waals surface area contributed by atoms with Crippen LogP contribution in [0.15, 0.2) is 47.4 Å². The Balaban J connectivity index is 2.18. The van der Waals surface area contributed by atoms with E-state index in [1.165, 1.54) is 6.07 Å². The molecule has 0 saturated carbocycles. The molecular formula is C15H13N3O. The van der Waals surface area contributed by atoms with E-state index in [4.69, 9.17) is 0 Å². The van der Waals surface area contributed by atoms with Gasteiger partial charge in [-0.25, -0.2) is 4.98 Å². The zero-order chi connectivity index (χ0) is 13.2. The van der Waals surface area contributed by atoms with Gasteiger partial charge in [0.25, 0.3) is 5.56 Å². The summed E-state index contributed by atoms with van der Waals surface area (Å²) in [4.78, 5) is 23.1. The van der Waals surface area contributed by atoms with Crippen molar-refractivity contribution in [1.82, 2.24) is 15.0 Å². The molecule has 0 aliphatic carbocycles. The molecule has 0 aliphatic rings. The lowest BCUT2D eigenvalue weighted by Crippen LogP contribution is -2.09. The van der Waals surface area contributed by atoms with Crippen LogP contribution in [0.5, 0.6) is 0 Å². The Labute approximate surface area is 110 Å². The minimum absolute atomic E-state index is 0.117. The number of benzene rings is 1. The third-order valence-electron chi connectivity index (χ3n) is 3.03. The van der Waals surface area contributed by atoms with E-state index in [9.17, 15) is 4.79 Å². The van der Waals surface area contributed by atoms with Crippen molar-refractivity contribution in [3.05, 3.63) is 58.6 Å². The molecule has 94 valence electrons. The number of rotatable bonds is 2. The first-order valence-corrected chi connectivity index (χ1v) is 6.21. The van der Waals surface area contributed by atoms with Crippen molar-refractivity contribution >= 4 is 10.9 Å².